The van der Waals surface area contributed by atoms with Crippen molar-refractivity contribution < 1.29 is 0 Å². The van der Waals surface area contributed by atoms with E-state index in [4.69, 9.17) is 11.6 Å². The first-order valence-electron chi connectivity index (χ1n) is 5.45. The van der Waals surface area contributed by atoms with Crippen LogP contribution in [0.2, 0.25) is 5.02 Å². The van der Waals surface area contributed by atoms with Gasteiger partial charge in [0.05, 0.1) is 23.0 Å². The molecule has 92 valence electrons. The fourth-order valence-corrected chi connectivity index (χ4v) is 2.64. The van der Waals surface area contributed by atoms with Crippen molar-refractivity contribution in [3.05, 3.63) is 35.6 Å². The van der Waals surface area contributed by atoms with Gasteiger partial charge in [0, 0.05) is 17.8 Å². The highest BCUT2D eigenvalue weighted by molar-refractivity contribution is 7.22. The Morgan fingerprint density at radius 1 is 1.39 bits per heavy atom. The topological polar surface area (TPSA) is 55.6 Å². The Labute approximate surface area is 112 Å². The number of fused-ring (bicyclic) bond motifs is 1. The van der Waals surface area contributed by atoms with Gasteiger partial charge in [0.1, 0.15) is 0 Å². The van der Waals surface area contributed by atoms with E-state index in [1.165, 1.54) is 0 Å². The molecule has 0 amide bonds. The lowest BCUT2D eigenvalue weighted by atomic mass is 10.3. The molecule has 1 aromatic carbocycles. The van der Waals surface area contributed by atoms with Crippen molar-refractivity contribution in [3.8, 4) is 0 Å². The predicted molar refractivity (Wildman–Crippen MR) is 73.1 cm³/mol. The second kappa shape index (κ2) is 4.91. The third kappa shape index (κ3) is 2.44. The minimum Gasteiger partial charge on any atom is -0.360 e. The highest BCUT2D eigenvalue weighted by Crippen LogP contribution is 2.27. The summed E-state index contributed by atoms with van der Waals surface area (Å²) in [7, 11) is 0. The Morgan fingerprint density at radius 2 is 2.33 bits per heavy atom. The van der Waals surface area contributed by atoms with Gasteiger partial charge in [-0.15, -0.1) is 5.10 Å². The van der Waals surface area contributed by atoms with E-state index in [2.05, 4.69) is 20.6 Å². The SMILES string of the molecule is Clc1ccc2sc(NCCn3ccnn3)nc2c1. The summed E-state index contributed by atoms with van der Waals surface area (Å²) in [4.78, 5) is 4.47. The van der Waals surface area contributed by atoms with Crippen LogP contribution in [0.3, 0.4) is 0 Å². The van der Waals surface area contributed by atoms with Crippen molar-refractivity contribution in [3.63, 3.8) is 0 Å². The number of thiazole rings is 1. The normalized spacial score (nSPS) is 10.9. The maximum atomic E-state index is 5.93. The first kappa shape index (κ1) is 11.4. The zero-order valence-corrected chi connectivity index (χ0v) is 10.9. The summed E-state index contributed by atoms with van der Waals surface area (Å²) in [6.07, 6.45) is 3.50. The van der Waals surface area contributed by atoms with Crippen LogP contribution in [0.5, 0.6) is 0 Å². The van der Waals surface area contributed by atoms with Crippen LogP contribution in [-0.4, -0.2) is 26.5 Å². The van der Waals surface area contributed by atoms with Crippen LogP contribution in [0.15, 0.2) is 30.6 Å². The van der Waals surface area contributed by atoms with Crippen LogP contribution in [0.1, 0.15) is 0 Å². The number of benzene rings is 1. The van der Waals surface area contributed by atoms with Gasteiger partial charge in [-0.05, 0) is 18.2 Å². The van der Waals surface area contributed by atoms with E-state index in [9.17, 15) is 0 Å². The lowest BCUT2D eigenvalue weighted by Crippen LogP contribution is -2.10. The number of aromatic nitrogens is 4. The molecule has 1 N–H and O–H groups in total. The quantitative estimate of drug-likeness (QED) is 0.798. The first-order chi connectivity index (χ1) is 8.81. The van der Waals surface area contributed by atoms with E-state index in [-0.39, 0.29) is 0 Å². The van der Waals surface area contributed by atoms with Crippen LogP contribution in [0, 0.1) is 0 Å². The van der Waals surface area contributed by atoms with E-state index in [1.54, 1.807) is 22.2 Å². The van der Waals surface area contributed by atoms with Gasteiger partial charge in [0.2, 0.25) is 0 Å². The van der Waals surface area contributed by atoms with Crippen molar-refractivity contribution in [2.45, 2.75) is 6.54 Å². The van der Waals surface area contributed by atoms with Gasteiger partial charge in [-0.25, -0.2) is 4.98 Å². The summed E-state index contributed by atoms with van der Waals surface area (Å²) in [6.45, 7) is 1.52. The van der Waals surface area contributed by atoms with Gasteiger partial charge in [0.15, 0.2) is 5.13 Å². The molecule has 0 radical (unpaired) electrons. The Bertz CT molecular complexity index is 649. The molecular weight excluding hydrogens is 270 g/mol. The van der Waals surface area contributed by atoms with Gasteiger partial charge < -0.3 is 5.32 Å². The number of hydrogen-bond donors (Lipinski definition) is 1. The van der Waals surface area contributed by atoms with Crippen molar-refractivity contribution in [2.75, 3.05) is 11.9 Å². The zero-order valence-electron chi connectivity index (χ0n) is 9.38. The second-order valence-electron chi connectivity index (χ2n) is 3.72. The van der Waals surface area contributed by atoms with Crippen molar-refractivity contribution in [1.29, 1.82) is 0 Å². The predicted octanol–water partition coefficient (Wildman–Crippen LogP) is 2.65. The van der Waals surface area contributed by atoms with Crippen LogP contribution >= 0.6 is 22.9 Å². The van der Waals surface area contributed by atoms with Crippen molar-refractivity contribution in [2.24, 2.45) is 0 Å². The first-order valence-corrected chi connectivity index (χ1v) is 6.65. The Hall–Kier alpha value is -1.66. The number of anilines is 1. The fraction of sp³-hybridized carbons (Fsp3) is 0.182. The Balaban J connectivity index is 1.67. The molecule has 5 nitrogen and oxygen atoms in total. The molecule has 0 aliphatic carbocycles. The van der Waals surface area contributed by atoms with Crippen LogP contribution < -0.4 is 5.32 Å². The van der Waals surface area contributed by atoms with Gasteiger partial charge in [-0.3, -0.25) is 4.68 Å². The zero-order chi connectivity index (χ0) is 12.4. The largest absolute Gasteiger partial charge is 0.360 e. The van der Waals surface area contributed by atoms with Gasteiger partial charge in [0.25, 0.3) is 0 Å². The third-order valence-electron chi connectivity index (χ3n) is 2.44. The number of rotatable bonds is 4. The van der Waals surface area contributed by atoms with E-state index >= 15 is 0 Å². The highest BCUT2D eigenvalue weighted by Gasteiger charge is 2.03. The molecule has 7 heteroatoms. The number of hydrogen-bond acceptors (Lipinski definition) is 5. The van der Waals surface area contributed by atoms with E-state index < -0.39 is 0 Å². The molecule has 0 fully saturated rings. The smallest absolute Gasteiger partial charge is 0.183 e. The van der Waals surface area contributed by atoms with Gasteiger partial charge >= 0.3 is 0 Å². The molecule has 3 aromatic rings. The molecule has 0 aliphatic heterocycles. The molecule has 0 saturated carbocycles. The maximum Gasteiger partial charge on any atom is 0.183 e. The minimum atomic E-state index is 0.710. The summed E-state index contributed by atoms with van der Waals surface area (Å²) in [5.74, 6) is 0. The monoisotopic (exact) mass is 279 g/mol. The van der Waals surface area contributed by atoms with E-state index in [0.29, 0.717) is 5.02 Å². The molecule has 0 spiro atoms. The molecular formula is C11H10ClN5S. The molecule has 0 unspecified atom stereocenters. The summed E-state index contributed by atoms with van der Waals surface area (Å²) in [5.41, 5.74) is 0.927. The van der Waals surface area contributed by atoms with Crippen LogP contribution in [-0.2, 0) is 6.54 Å². The van der Waals surface area contributed by atoms with Crippen LogP contribution in [0.25, 0.3) is 10.2 Å². The molecule has 18 heavy (non-hydrogen) atoms. The summed E-state index contributed by atoms with van der Waals surface area (Å²) >= 11 is 7.54. The molecule has 0 atom stereocenters. The molecule has 3 rings (SSSR count). The minimum absolute atomic E-state index is 0.710. The molecule has 0 aliphatic rings. The average Bonchev–Trinajstić information content (AvgIpc) is 2.97. The fourth-order valence-electron chi connectivity index (χ4n) is 1.61. The molecule has 0 bridgehead atoms. The number of nitrogens with zero attached hydrogens (tertiary/aromatic N) is 4. The third-order valence-corrected chi connectivity index (χ3v) is 3.67. The molecule has 2 heterocycles. The Morgan fingerprint density at radius 3 is 3.17 bits per heavy atom. The molecule has 2 aromatic heterocycles. The summed E-state index contributed by atoms with van der Waals surface area (Å²) in [5, 5.41) is 12.5. The lowest BCUT2D eigenvalue weighted by Gasteiger charge is -2.01. The van der Waals surface area contributed by atoms with E-state index in [0.717, 1.165) is 28.4 Å². The highest BCUT2D eigenvalue weighted by atomic mass is 35.5. The van der Waals surface area contributed by atoms with E-state index in [1.807, 2.05) is 24.4 Å². The second-order valence-corrected chi connectivity index (χ2v) is 5.19. The number of halogens is 1. The summed E-state index contributed by atoms with van der Waals surface area (Å²) < 4.78 is 2.90. The van der Waals surface area contributed by atoms with Gasteiger partial charge in [-0.2, -0.15) is 0 Å². The maximum absolute atomic E-state index is 5.93. The Kier molecular flexibility index (Phi) is 3.12. The van der Waals surface area contributed by atoms with Crippen molar-refractivity contribution in [1.82, 2.24) is 20.0 Å². The average molecular weight is 280 g/mol. The molecule has 0 saturated heterocycles. The standard InChI is InChI=1S/C11H10ClN5S/c12-8-1-2-10-9(7-8)15-11(18-10)13-3-5-17-6-4-14-16-17/h1-2,4,6-7H,3,5H2,(H,13,15). The summed E-state index contributed by atoms with van der Waals surface area (Å²) in [6, 6.07) is 5.73. The lowest BCUT2D eigenvalue weighted by molar-refractivity contribution is 0.609. The van der Waals surface area contributed by atoms with Crippen molar-refractivity contribution >= 4 is 38.3 Å². The number of nitrogens with one attached hydrogen (secondary N) is 1. The van der Waals surface area contributed by atoms with Crippen LogP contribution in [0.4, 0.5) is 5.13 Å². The van der Waals surface area contributed by atoms with Gasteiger partial charge in [-0.1, -0.05) is 28.2 Å².